The van der Waals surface area contributed by atoms with E-state index in [4.69, 9.17) is 4.42 Å². The lowest BCUT2D eigenvalue weighted by molar-refractivity contribution is 0.326. The van der Waals surface area contributed by atoms with Gasteiger partial charge in [0.2, 0.25) is 0 Å². The largest absolute Gasteiger partial charge is 0.464 e. The van der Waals surface area contributed by atoms with Crippen LogP contribution in [0, 0.1) is 0 Å². The van der Waals surface area contributed by atoms with Crippen molar-refractivity contribution >= 4 is 21.1 Å². The Kier molecular flexibility index (Phi) is 2.98. The van der Waals surface area contributed by atoms with E-state index < -0.39 is 10.1 Å². The summed E-state index contributed by atoms with van der Waals surface area (Å²) in [4.78, 5) is 0. The van der Waals surface area contributed by atoms with Crippen molar-refractivity contribution in [3.05, 3.63) is 36.1 Å². The summed E-state index contributed by atoms with van der Waals surface area (Å²) in [5.41, 5.74) is 1.76. The van der Waals surface area contributed by atoms with Crippen LogP contribution in [0.25, 0.3) is 11.0 Å². The number of hydrogen-bond acceptors (Lipinski definition) is 4. The first-order chi connectivity index (χ1) is 7.56. The quantitative estimate of drug-likeness (QED) is 0.766. The van der Waals surface area contributed by atoms with Crippen molar-refractivity contribution in [3.63, 3.8) is 0 Å². The van der Waals surface area contributed by atoms with E-state index in [-0.39, 0.29) is 6.61 Å². The number of fused-ring (bicyclic) bond motifs is 1. The van der Waals surface area contributed by atoms with Crippen LogP contribution in [0.2, 0.25) is 0 Å². The van der Waals surface area contributed by atoms with Crippen LogP contribution < -0.4 is 0 Å². The fourth-order valence-electron chi connectivity index (χ4n) is 1.53. The fourth-order valence-corrected chi connectivity index (χ4v) is 1.92. The summed E-state index contributed by atoms with van der Waals surface area (Å²) in [6.07, 6.45) is 3.20. The van der Waals surface area contributed by atoms with Gasteiger partial charge >= 0.3 is 0 Å². The predicted molar refractivity (Wildman–Crippen MR) is 60.7 cm³/mol. The minimum atomic E-state index is -3.36. The molecular formula is C11H12O4S. The lowest BCUT2D eigenvalue weighted by Crippen LogP contribution is -2.05. The summed E-state index contributed by atoms with van der Waals surface area (Å²) >= 11 is 0. The fraction of sp³-hybridized carbons (Fsp3) is 0.273. The Hall–Kier alpha value is -1.33. The highest BCUT2D eigenvalue weighted by Gasteiger charge is 2.06. The van der Waals surface area contributed by atoms with E-state index in [2.05, 4.69) is 4.18 Å². The first kappa shape index (κ1) is 11.2. The predicted octanol–water partition coefficient (Wildman–Crippen LogP) is 1.95. The van der Waals surface area contributed by atoms with E-state index in [1.807, 2.05) is 24.3 Å². The third-order valence-electron chi connectivity index (χ3n) is 2.23. The van der Waals surface area contributed by atoms with Gasteiger partial charge in [0.05, 0.1) is 19.1 Å². The van der Waals surface area contributed by atoms with Gasteiger partial charge < -0.3 is 4.42 Å². The highest BCUT2D eigenvalue weighted by molar-refractivity contribution is 7.85. The number of rotatable bonds is 4. The van der Waals surface area contributed by atoms with Crippen molar-refractivity contribution < 1.29 is 17.0 Å². The molecule has 0 spiro atoms. The lowest BCUT2D eigenvalue weighted by Gasteiger charge is -1.99. The molecule has 1 heterocycles. The molecule has 0 aliphatic rings. The van der Waals surface area contributed by atoms with Crippen LogP contribution in [0.4, 0.5) is 0 Å². The zero-order valence-corrected chi connectivity index (χ0v) is 9.66. The highest BCUT2D eigenvalue weighted by atomic mass is 32.2. The maximum Gasteiger partial charge on any atom is 0.264 e. The average Bonchev–Trinajstić information content (AvgIpc) is 2.60. The summed E-state index contributed by atoms with van der Waals surface area (Å²) in [5, 5.41) is 1.000. The molecule has 0 bridgehead atoms. The Balaban J connectivity index is 2.10. The van der Waals surface area contributed by atoms with Crippen molar-refractivity contribution in [2.45, 2.75) is 6.42 Å². The van der Waals surface area contributed by atoms with Crippen LogP contribution in [0.1, 0.15) is 5.56 Å². The zero-order valence-electron chi connectivity index (χ0n) is 8.84. The SMILES string of the molecule is CS(=O)(=O)OCCc1coc2ccccc12. The van der Waals surface area contributed by atoms with Crippen LogP contribution in [0.15, 0.2) is 34.9 Å². The second kappa shape index (κ2) is 4.27. The molecule has 0 radical (unpaired) electrons. The second-order valence-corrected chi connectivity index (χ2v) is 5.18. The van der Waals surface area contributed by atoms with Gasteiger partial charge in [0.1, 0.15) is 5.58 Å². The van der Waals surface area contributed by atoms with Crippen LogP contribution in [0.3, 0.4) is 0 Å². The molecule has 16 heavy (non-hydrogen) atoms. The molecule has 1 aromatic carbocycles. The number of benzene rings is 1. The average molecular weight is 240 g/mol. The molecule has 0 saturated heterocycles. The molecule has 86 valence electrons. The van der Waals surface area contributed by atoms with Crippen LogP contribution >= 0.6 is 0 Å². The van der Waals surface area contributed by atoms with Gasteiger partial charge in [-0.05, 0) is 6.07 Å². The molecular weight excluding hydrogens is 228 g/mol. The Morgan fingerprint density at radius 3 is 2.81 bits per heavy atom. The van der Waals surface area contributed by atoms with E-state index in [9.17, 15) is 8.42 Å². The van der Waals surface area contributed by atoms with E-state index in [1.54, 1.807) is 6.26 Å². The Morgan fingerprint density at radius 1 is 1.31 bits per heavy atom. The standard InChI is InChI=1S/C11H12O4S/c1-16(12,13)15-7-6-9-8-14-11-5-3-2-4-10(9)11/h2-5,8H,6-7H2,1H3. The Labute approximate surface area is 94.0 Å². The molecule has 0 aliphatic heterocycles. The third kappa shape index (κ3) is 2.62. The highest BCUT2D eigenvalue weighted by Crippen LogP contribution is 2.20. The summed E-state index contributed by atoms with van der Waals surface area (Å²) in [5.74, 6) is 0. The van der Waals surface area contributed by atoms with Gasteiger partial charge in [-0.25, -0.2) is 0 Å². The van der Waals surface area contributed by atoms with E-state index in [0.717, 1.165) is 22.8 Å². The molecule has 0 N–H and O–H groups in total. The van der Waals surface area contributed by atoms with E-state index >= 15 is 0 Å². The monoisotopic (exact) mass is 240 g/mol. The van der Waals surface area contributed by atoms with Crippen molar-refractivity contribution in [1.29, 1.82) is 0 Å². The van der Waals surface area contributed by atoms with Crippen molar-refractivity contribution in [1.82, 2.24) is 0 Å². The first-order valence-corrected chi connectivity index (χ1v) is 6.67. The normalized spacial score (nSPS) is 12.1. The van der Waals surface area contributed by atoms with E-state index in [0.29, 0.717) is 6.42 Å². The maximum atomic E-state index is 10.8. The first-order valence-electron chi connectivity index (χ1n) is 4.86. The van der Waals surface area contributed by atoms with Crippen molar-refractivity contribution in [2.24, 2.45) is 0 Å². The number of hydrogen-bond donors (Lipinski definition) is 0. The van der Waals surface area contributed by atoms with Gasteiger partial charge in [0.25, 0.3) is 10.1 Å². The summed E-state index contributed by atoms with van der Waals surface area (Å²) in [6.45, 7) is 0.141. The van der Waals surface area contributed by atoms with Crippen LogP contribution in [0.5, 0.6) is 0 Å². The van der Waals surface area contributed by atoms with Gasteiger partial charge in [0, 0.05) is 17.4 Å². The molecule has 0 atom stereocenters. The minimum Gasteiger partial charge on any atom is -0.464 e. The molecule has 0 unspecified atom stereocenters. The minimum absolute atomic E-state index is 0.141. The van der Waals surface area contributed by atoms with Gasteiger partial charge in [0.15, 0.2) is 0 Å². The topological polar surface area (TPSA) is 56.5 Å². The molecule has 0 aliphatic carbocycles. The van der Waals surface area contributed by atoms with E-state index in [1.165, 1.54) is 0 Å². The van der Waals surface area contributed by atoms with Crippen molar-refractivity contribution in [3.8, 4) is 0 Å². The number of furan rings is 1. The van der Waals surface area contributed by atoms with Crippen LogP contribution in [-0.4, -0.2) is 21.3 Å². The molecule has 0 amide bonds. The number of para-hydroxylation sites is 1. The van der Waals surface area contributed by atoms with Crippen LogP contribution in [-0.2, 0) is 20.7 Å². The third-order valence-corrected chi connectivity index (χ3v) is 2.82. The Bertz CT molecular complexity index is 583. The van der Waals surface area contributed by atoms with Gasteiger partial charge in [-0.1, -0.05) is 18.2 Å². The molecule has 0 fully saturated rings. The second-order valence-electron chi connectivity index (χ2n) is 3.53. The van der Waals surface area contributed by atoms with Gasteiger partial charge in [-0.2, -0.15) is 8.42 Å². The smallest absolute Gasteiger partial charge is 0.264 e. The molecule has 0 saturated carbocycles. The molecule has 2 aromatic rings. The lowest BCUT2D eigenvalue weighted by atomic mass is 10.1. The molecule has 5 heteroatoms. The van der Waals surface area contributed by atoms with Crippen molar-refractivity contribution in [2.75, 3.05) is 12.9 Å². The summed E-state index contributed by atoms with van der Waals surface area (Å²) < 4.78 is 31.6. The zero-order chi connectivity index (χ0) is 11.6. The molecule has 4 nitrogen and oxygen atoms in total. The summed E-state index contributed by atoms with van der Waals surface area (Å²) in [7, 11) is -3.36. The van der Waals surface area contributed by atoms with Gasteiger partial charge in [-0.3, -0.25) is 4.18 Å². The molecule has 1 aromatic heterocycles. The Morgan fingerprint density at radius 2 is 2.06 bits per heavy atom. The maximum absolute atomic E-state index is 10.8. The van der Waals surface area contributed by atoms with Gasteiger partial charge in [-0.15, -0.1) is 0 Å². The molecule has 2 rings (SSSR count). The summed E-state index contributed by atoms with van der Waals surface area (Å²) in [6, 6.07) is 7.62.